The third kappa shape index (κ3) is 1.43. The van der Waals surface area contributed by atoms with Gasteiger partial charge in [-0.2, -0.15) is 12.6 Å². The van der Waals surface area contributed by atoms with Crippen LogP contribution in [-0.4, -0.2) is 18.3 Å². The van der Waals surface area contributed by atoms with Crippen LogP contribution in [0.5, 0.6) is 0 Å². The lowest BCUT2D eigenvalue weighted by Gasteiger charge is -2.27. The Kier molecular flexibility index (Phi) is 2.42. The van der Waals surface area contributed by atoms with E-state index in [1.54, 1.807) is 0 Å². The van der Waals surface area contributed by atoms with Gasteiger partial charge >= 0.3 is 0 Å². The van der Waals surface area contributed by atoms with Gasteiger partial charge in [-0.1, -0.05) is 12.8 Å². The highest BCUT2D eigenvalue weighted by Gasteiger charge is 2.35. The van der Waals surface area contributed by atoms with Crippen molar-refractivity contribution in [3.8, 4) is 0 Å². The second kappa shape index (κ2) is 3.36. The Hall–Kier alpha value is 0.310. The van der Waals surface area contributed by atoms with E-state index >= 15 is 0 Å². The minimum absolute atomic E-state index is 0.726. The Morgan fingerprint density at radius 3 is 2.91 bits per heavy atom. The van der Waals surface area contributed by atoms with E-state index in [9.17, 15) is 0 Å². The molecular formula is C9H17NS. The van der Waals surface area contributed by atoms with Gasteiger partial charge in [0, 0.05) is 11.8 Å². The van der Waals surface area contributed by atoms with Crippen molar-refractivity contribution in [3.05, 3.63) is 0 Å². The summed E-state index contributed by atoms with van der Waals surface area (Å²) in [5.74, 6) is 2.98. The molecule has 1 heterocycles. The Labute approximate surface area is 74.4 Å². The largest absolute Gasteiger partial charge is 0.313 e. The van der Waals surface area contributed by atoms with Gasteiger partial charge in [-0.05, 0) is 31.2 Å². The van der Waals surface area contributed by atoms with Crippen molar-refractivity contribution in [3.63, 3.8) is 0 Å². The summed E-state index contributed by atoms with van der Waals surface area (Å²) in [4.78, 5) is 0. The van der Waals surface area contributed by atoms with Crippen LogP contribution in [0.1, 0.15) is 25.7 Å². The van der Waals surface area contributed by atoms with Crippen LogP contribution in [0.15, 0.2) is 0 Å². The molecule has 1 saturated heterocycles. The number of nitrogens with one attached hydrogen (secondary N) is 1. The summed E-state index contributed by atoms with van der Waals surface area (Å²) in [7, 11) is 0. The first kappa shape index (κ1) is 7.93. The van der Waals surface area contributed by atoms with E-state index in [4.69, 9.17) is 0 Å². The minimum Gasteiger partial charge on any atom is -0.313 e. The van der Waals surface area contributed by atoms with Gasteiger partial charge in [0.15, 0.2) is 0 Å². The van der Waals surface area contributed by atoms with Crippen LogP contribution in [0.3, 0.4) is 0 Å². The third-order valence-electron chi connectivity index (χ3n) is 3.32. The SMILES string of the molecule is SCC1NCC2CCCCC21. The van der Waals surface area contributed by atoms with E-state index in [0.29, 0.717) is 0 Å². The van der Waals surface area contributed by atoms with Gasteiger partial charge in [0.1, 0.15) is 0 Å². The lowest BCUT2D eigenvalue weighted by Crippen LogP contribution is -2.30. The number of hydrogen-bond acceptors (Lipinski definition) is 2. The summed E-state index contributed by atoms with van der Waals surface area (Å²) in [5.41, 5.74) is 0. The summed E-state index contributed by atoms with van der Waals surface area (Å²) in [6.45, 7) is 1.26. The van der Waals surface area contributed by atoms with Crippen LogP contribution in [0.4, 0.5) is 0 Å². The fourth-order valence-corrected chi connectivity index (χ4v) is 3.07. The Bertz CT molecular complexity index is 132. The topological polar surface area (TPSA) is 12.0 Å². The number of hydrogen-bond donors (Lipinski definition) is 2. The predicted molar refractivity (Wildman–Crippen MR) is 51.1 cm³/mol. The average Bonchev–Trinajstić information content (AvgIpc) is 2.47. The zero-order chi connectivity index (χ0) is 7.68. The summed E-state index contributed by atoms with van der Waals surface area (Å²) in [5, 5.41) is 3.57. The lowest BCUT2D eigenvalue weighted by molar-refractivity contribution is 0.274. The molecule has 3 unspecified atom stereocenters. The molecule has 2 heteroatoms. The molecule has 1 aliphatic carbocycles. The summed E-state index contributed by atoms with van der Waals surface area (Å²) in [6.07, 6.45) is 5.82. The molecule has 11 heavy (non-hydrogen) atoms. The first-order valence-electron chi connectivity index (χ1n) is 4.76. The molecule has 2 fully saturated rings. The third-order valence-corrected chi connectivity index (χ3v) is 3.72. The van der Waals surface area contributed by atoms with Gasteiger partial charge in [-0.25, -0.2) is 0 Å². The van der Waals surface area contributed by atoms with E-state index in [1.165, 1.54) is 32.2 Å². The molecule has 1 N–H and O–H groups in total. The van der Waals surface area contributed by atoms with Crippen LogP contribution < -0.4 is 5.32 Å². The van der Waals surface area contributed by atoms with Crippen LogP contribution in [-0.2, 0) is 0 Å². The number of fused-ring (bicyclic) bond motifs is 1. The molecule has 0 amide bonds. The van der Waals surface area contributed by atoms with Crippen LogP contribution in [0.25, 0.3) is 0 Å². The smallest absolute Gasteiger partial charge is 0.0187 e. The van der Waals surface area contributed by atoms with E-state index in [2.05, 4.69) is 17.9 Å². The monoisotopic (exact) mass is 171 g/mol. The molecule has 0 aromatic rings. The maximum atomic E-state index is 4.37. The fourth-order valence-electron chi connectivity index (χ4n) is 2.67. The van der Waals surface area contributed by atoms with Gasteiger partial charge in [0.05, 0.1) is 0 Å². The van der Waals surface area contributed by atoms with Crippen LogP contribution in [0.2, 0.25) is 0 Å². The fraction of sp³-hybridized carbons (Fsp3) is 1.00. The Morgan fingerprint density at radius 1 is 1.27 bits per heavy atom. The van der Waals surface area contributed by atoms with E-state index in [1.807, 2.05) is 0 Å². The summed E-state index contributed by atoms with van der Waals surface area (Å²) >= 11 is 4.37. The standard InChI is InChI=1S/C9H17NS/c11-6-9-8-4-2-1-3-7(8)5-10-9/h7-11H,1-6H2. The molecule has 0 aromatic heterocycles. The van der Waals surface area contributed by atoms with Gasteiger partial charge < -0.3 is 5.32 Å². The lowest BCUT2D eigenvalue weighted by atomic mass is 9.79. The van der Waals surface area contributed by atoms with Crippen molar-refractivity contribution < 1.29 is 0 Å². The van der Waals surface area contributed by atoms with Crippen LogP contribution in [0, 0.1) is 11.8 Å². The maximum Gasteiger partial charge on any atom is 0.0187 e. The average molecular weight is 171 g/mol. The first-order valence-corrected chi connectivity index (χ1v) is 5.39. The molecule has 1 aliphatic heterocycles. The highest BCUT2D eigenvalue weighted by molar-refractivity contribution is 7.80. The van der Waals surface area contributed by atoms with Crippen molar-refractivity contribution in [2.45, 2.75) is 31.7 Å². The number of rotatable bonds is 1. The molecule has 0 aromatic carbocycles. The summed E-state index contributed by atoms with van der Waals surface area (Å²) < 4.78 is 0. The van der Waals surface area contributed by atoms with Gasteiger partial charge in [0.2, 0.25) is 0 Å². The molecule has 64 valence electrons. The van der Waals surface area contributed by atoms with E-state index in [-0.39, 0.29) is 0 Å². The second-order valence-electron chi connectivity index (χ2n) is 3.91. The van der Waals surface area contributed by atoms with E-state index in [0.717, 1.165) is 23.6 Å². The predicted octanol–water partition coefficient (Wildman–Crippen LogP) is 1.69. The molecule has 1 saturated carbocycles. The Morgan fingerprint density at radius 2 is 2.09 bits per heavy atom. The zero-order valence-corrected chi connectivity index (χ0v) is 7.82. The van der Waals surface area contributed by atoms with Crippen LogP contribution >= 0.6 is 12.6 Å². The van der Waals surface area contributed by atoms with Gasteiger partial charge in [0.25, 0.3) is 0 Å². The Balaban J connectivity index is 1.98. The normalized spacial score (nSPS) is 43.9. The quantitative estimate of drug-likeness (QED) is 0.572. The molecule has 0 bridgehead atoms. The van der Waals surface area contributed by atoms with Crippen molar-refractivity contribution in [1.82, 2.24) is 5.32 Å². The van der Waals surface area contributed by atoms with Gasteiger partial charge in [-0.3, -0.25) is 0 Å². The molecule has 3 atom stereocenters. The molecular weight excluding hydrogens is 154 g/mol. The molecule has 2 rings (SSSR count). The highest BCUT2D eigenvalue weighted by Crippen LogP contribution is 2.35. The number of thiol groups is 1. The van der Waals surface area contributed by atoms with Gasteiger partial charge in [-0.15, -0.1) is 0 Å². The minimum atomic E-state index is 0.726. The zero-order valence-electron chi connectivity index (χ0n) is 6.92. The van der Waals surface area contributed by atoms with E-state index < -0.39 is 0 Å². The summed E-state index contributed by atoms with van der Waals surface area (Å²) in [6, 6.07) is 0.726. The van der Waals surface area contributed by atoms with Crippen molar-refractivity contribution in [1.29, 1.82) is 0 Å². The maximum absolute atomic E-state index is 4.37. The highest BCUT2D eigenvalue weighted by atomic mass is 32.1. The second-order valence-corrected chi connectivity index (χ2v) is 4.27. The van der Waals surface area contributed by atoms with Crippen molar-refractivity contribution >= 4 is 12.6 Å². The van der Waals surface area contributed by atoms with Crippen molar-refractivity contribution in [2.75, 3.05) is 12.3 Å². The molecule has 0 radical (unpaired) electrons. The van der Waals surface area contributed by atoms with Crippen molar-refractivity contribution in [2.24, 2.45) is 11.8 Å². The molecule has 2 aliphatic rings. The first-order chi connectivity index (χ1) is 5.42. The molecule has 1 nitrogen and oxygen atoms in total. The molecule has 0 spiro atoms.